The standard InChI is InChI=1S/C11H14F3NO2.ClH/c1-17-10-6-7(2-3-9(10)16)8(15)4-5-11(12,13)14;/h2-3,6,8,16H,4-5,15H2,1H3;1H/t8-;/m0./s1. The molecule has 1 aromatic carbocycles. The molecule has 0 saturated heterocycles. The lowest BCUT2D eigenvalue weighted by Crippen LogP contribution is -2.15. The van der Waals surface area contributed by atoms with Crippen molar-refractivity contribution < 1.29 is 23.0 Å². The zero-order valence-electron chi connectivity index (χ0n) is 9.70. The van der Waals surface area contributed by atoms with Gasteiger partial charge in [0.1, 0.15) is 0 Å². The van der Waals surface area contributed by atoms with Crippen molar-refractivity contribution in [3.63, 3.8) is 0 Å². The number of alkyl halides is 3. The highest BCUT2D eigenvalue weighted by molar-refractivity contribution is 5.85. The zero-order valence-corrected chi connectivity index (χ0v) is 10.5. The van der Waals surface area contributed by atoms with Gasteiger partial charge in [-0.05, 0) is 24.1 Å². The smallest absolute Gasteiger partial charge is 0.389 e. The molecule has 0 bridgehead atoms. The van der Waals surface area contributed by atoms with E-state index < -0.39 is 18.6 Å². The molecule has 0 fully saturated rings. The van der Waals surface area contributed by atoms with Crippen molar-refractivity contribution in [1.29, 1.82) is 0 Å². The third-order valence-corrected chi connectivity index (χ3v) is 2.37. The maximum absolute atomic E-state index is 12.0. The lowest BCUT2D eigenvalue weighted by molar-refractivity contribution is -0.136. The van der Waals surface area contributed by atoms with Crippen LogP contribution in [0.15, 0.2) is 18.2 Å². The SMILES string of the molecule is COc1cc([C@@H](N)CCC(F)(F)F)ccc1O.Cl. The van der Waals surface area contributed by atoms with Gasteiger partial charge >= 0.3 is 6.18 Å². The molecule has 0 aliphatic carbocycles. The molecule has 0 aliphatic heterocycles. The van der Waals surface area contributed by atoms with Crippen LogP contribution in [0.1, 0.15) is 24.4 Å². The minimum absolute atomic E-state index is 0. The molecule has 18 heavy (non-hydrogen) atoms. The Balaban J connectivity index is 0.00000289. The van der Waals surface area contributed by atoms with E-state index in [1.807, 2.05) is 0 Å². The van der Waals surface area contributed by atoms with Crippen molar-refractivity contribution in [3.8, 4) is 11.5 Å². The van der Waals surface area contributed by atoms with Gasteiger partial charge in [0, 0.05) is 12.5 Å². The van der Waals surface area contributed by atoms with E-state index in [-0.39, 0.29) is 30.3 Å². The van der Waals surface area contributed by atoms with Crippen molar-refractivity contribution in [2.75, 3.05) is 7.11 Å². The largest absolute Gasteiger partial charge is 0.504 e. The predicted octanol–water partition coefficient (Wildman–Crippen LogP) is 3.16. The molecular formula is C11H15ClF3NO2. The van der Waals surface area contributed by atoms with Gasteiger partial charge in [0.2, 0.25) is 0 Å². The van der Waals surface area contributed by atoms with E-state index in [0.29, 0.717) is 5.56 Å². The van der Waals surface area contributed by atoms with Gasteiger partial charge in [-0.2, -0.15) is 13.2 Å². The van der Waals surface area contributed by atoms with Crippen LogP contribution in [0, 0.1) is 0 Å². The van der Waals surface area contributed by atoms with Crippen LogP contribution in [-0.4, -0.2) is 18.4 Å². The molecule has 3 nitrogen and oxygen atoms in total. The van der Waals surface area contributed by atoms with Crippen molar-refractivity contribution in [2.45, 2.75) is 25.1 Å². The molecule has 0 aromatic heterocycles. The number of nitrogens with two attached hydrogens (primary N) is 1. The number of methoxy groups -OCH3 is 1. The Hall–Kier alpha value is -1.14. The van der Waals surface area contributed by atoms with Crippen molar-refractivity contribution in [1.82, 2.24) is 0 Å². The molecule has 0 unspecified atom stereocenters. The summed E-state index contributed by atoms with van der Waals surface area (Å²) in [5.74, 6) is 0.129. The Bertz CT molecular complexity index is 385. The molecule has 1 rings (SSSR count). The predicted molar refractivity (Wildman–Crippen MR) is 64.1 cm³/mol. The fourth-order valence-electron chi connectivity index (χ4n) is 1.41. The Labute approximate surface area is 109 Å². The summed E-state index contributed by atoms with van der Waals surface area (Å²) in [7, 11) is 1.36. The van der Waals surface area contributed by atoms with Crippen LogP contribution in [0.25, 0.3) is 0 Å². The Morgan fingerprint density at radius 1 is 1.39 bits per heavy atom. The number of benzene rings is 1. The van der Waals surface area contributed by atoms with Gasteiger partial charge in [-0.25, -0.2) is 0 Å². The molecule has 1 aromatic rings. The molecule has 0 amide bonds. The molecule has 0 spiro atoms. The van der Waals surface area contributed by atoms with E-state index in [2.05, 4.69) is 0 Å². The average molecular weight is 286 g/mol. The van der Waals surface area contributed by atoms with Crippen molar-refractivity contribution in [3.05, 3.63) is 23.8 Å². The van der Waals surface area contributed by atoms with Crippen LogP contribution in [-0.2, 0) is 0 Å². The number of hydrogen-bond acceptors (Lipinski definition) is 3. The van der Waals surface area contributed by atoms with Crippen LogP contribution in [0.3, 0.4) is 0 Å². The minimum atomic E-state index is -4.21. The summed E-state index contributed by atoms with van der Waals surface area (Å²) >= 11 is 0. The van der Waals surface area contributed by atoms with Gasteiger partial charge < -0.3 is 15.6 Å². The maximum Gasteiger partial charge on any atom is 0.389 e. The van der Waals surface area contributed by atoms with E-state index in [0.717, 1.165) is 0 Å². The molecular weight excluding hydrogens is 271 g/mol. The number of aromatic hydroxyl groups is 1. The molecule has 0 aliphatic rings. The van der Waals surface area contributed by atoms with E-state index in [1.165, 1.54) is 25.3 Å². The quantitative estimate of drug-likeness (QED) is 0.893. The third kappa shape index (κ3) is 5.01. The molecule has 104 valence electrons. The topological polar surface area (TPSA) is 55.5 Å². The molecule has 7 heteroatoms. The van der Waals surface area contributed by atoms with Crippen molar-refractivity contribution in [2.24, 2.45) is 5.73 Å². The van der Waals surface area contributed by atoms with Gasteiger partial charge in [0.05, 0.1) is 7.11 Å². The first kappa shape index (κ1) is 16.9. The lowest BCUT2D eigenvalue weighted by Gasteiger charge is -2.14. The molecule has 0 saturated carbocycles. The first-order valence-electron chi connectivity index (χ1n) is 5.02. The van der Waals surface area contributed by atoms with Crippen molar-refractivity contribution >= 4 is 12.4 Å². The Kier molecular flexibility index (Phi) is 6.28. The van der Waals surface area contributed by atoms with Gasteiger partial charge in [0.25, 0.3) is 0 Å². The first-order chi connectivity index (χ1) is 7.83. The second kappa shape index (κ2) is 6.70. The Morgan fingerprint density at radius 3 is 2.50 bits per heavy atom. The summed E-state index contributed by atoms with van der Waals surface area (Å²) in [5, 5.41) is 9.33. The molecule has 3 N–H and O–H groups in total. The van der Waals surface area contributed by atoms with Gasteiger partial charge in [-0.15, -0.1) is 12.4 Å². The van der Waals surface area contributed by atoms with Crippen LogP contribution in [0.4, 0.5) is 13.2 Å². The second-order valence-corrected chi connectivity index (χ2v) is 3.69. The summed E-state index contributed by atoms with van der Waals surface area (Å²) in [6.07, 6.45) is -5.34. The summed E-state index contributed by atoms with van der Waals surface area (Å²) in [5.41, 5.74) is 6.14. The summed E-state index contributed by atoms with van der Waals surface area (Å²) in [6.45, 7) is 0. The fourth-order valence-corrected chi connectivity index (χ4v) is 1.41. The third-order valence-electron chi connectivity index (χ3n) is 2.37. The van der Waals surface area contributed by atoms with Gasteiger partial charge in [-0.3, -0.25) is 0 Å². The monoisotopic (exact) mass is 285 g/mol. The molecule has 0 radical (unpaired) electrons. The van der Waals surface area contributed by atoms with Gasteiger partial charge in [-0.1, -0.05) is 6.07 Å². The van der Waals surface area contributed by atoms with E-state index >= 15 is 0 Å². The van der Waals surface area contributed by atoms with Crippen LogP contribution >= 0.6 is 12.4 Å². The highest BCUT2D eigenvalue weighted by atomic mass is 35.5. The van der Waals surface area contributed by atoms with Crippen LogP contribution in [0.5, 0.6) is 11.5 Å². The number of hydrogen-bond donors (Lipinski definition) is 2. The maximum atomic E-state index is 12.0. The zero-order chi connectivity index (χ0) is 13.1. The molecule has 0 heterocycles. The first-order valence-corrected chi connectivity index (χ1v) is 5.02. The highest BCUT2D eigenvalue weighted by Gasteiger charge is 2.27. The minimum Gasteiger partial charge on any atom is -0.504 e. The number of rotatable bonds is 4. The fraction of sp³-hybridized carbons (Fsp3) is 0.455. The lowest BCUT2D eigenvalue weighted by atomic mass is 10.0. The Morgan fingerprint density at radius 2 is 2.00 bits per heavy atom. The number of ether oxygens (including phenoxy) is 1. The van der Waals surface area contributed by atoms with Gasteiger partial charge in [0.15, 0.2) is 11.5 Å². The second-order valence-electron chi connectivity index (χ2n) is 3.69. The van der Waals surface area contributed by atoms with E-state index in [9.17, 15) is 18.3 Å². The van der Waals surface area contributed by atoms with E-state index in [1.54, 1.807) is 0 Å². The highest BCUT2D eigenvalue weighted by Crippen LogP contribution is 2.31. The number of halogens is 4. The number of phenols is 1. The van der Waals surface area contributed by atoms with Crippen LogP contribution < -0.4 is 10.5 Å². The summed E-state index contributed by atoms with van der Waals surface area (Å²) < 4.78 is 40.9. The molecule has 1 atom stereocenters. The normalized spacial score (nSPS) is 12.7. The van der Waals surface area contributed by atoms with E-state index in [4.69, 9.17) is 10.5 Å². The van der Waals surface area contributed by atoms with Crippen LogP contribution in [0.2, 0.25) is 0 Å². The summed E-state index contributed by atoms with van der Waals surface area (Å²) in [4.78, 5) is 0. The average Bonchev–Trinajstić information content (AvgIpc) is 2.25. The summed E-state index contributed by atoms with van der Waals surface area (Å²) in [6, 6.07) is 3.54. The number of phenolic OH excluding ortho intramolecular Hbond substituents is 1.